The fourth-order valence-corrected chi connectivity index (χ4v) is 3.52. The highest BCUT2D eigenvalue weighted by atomic mass is 35.5. The van der Waals surface area contributed by atoms with E-state index in [1.54, 1.807) is 7.11 Å². The first-order valence-corrected chi connectivity index (χ1v) is 7.89. The first kappa shape index (κ1) is 14.8. The Bertz CT molecular complexity index is 839. The zero-order valence-electron chi connectivity index (χ0n) is 11.1. The molecule has 0 bridgehead atoms. The van der Waals surface area contributed by atoms with E-state index >= 15 is 0 Å². The van der Waals surface area contributed by atoms with Crippen LogP contribution in [0.5, 0.6) is 5.75 Å². The van der Waals surface area contributed by atoms with Crippen molar-refractivity contribution in [3.05, 3.63) is 35.0 Å². The van der Waals surface area contributed by atoms with Crippen LogP contribution in [-0.4, -0.2) is 21.7 Å². The Labute approximate surface area is 138 Å². The standard InChI is InChI=1S/C13H7ClN4O2S2/c1-19-8-4-2-7(3-5-8)11-16-17-13(20-11)21-12-9(6-15)10(14)18-22-12/h2-5H,1H3. The van der Waals surface area contributed by atoms with Crippen molar-refractivity contribution in [3.8, 4) is 23.3 Å². The first-order chi connectivity index (χ1) is 10.7. The summed E-state index contributed by atoms with van der Waals surface area (Å²) in [5.74, 6) is 1.13. The van der Waals surface area contributed by atoms with E-state index in [1.807, 2.05) is 30.3 Å². The van der Waals surface area contributed by atoms with Crippen molar-refractivity contribution in [2.75, 3.05) is 7.11 Å². The molecular formula is C13H7ClN4O2S2. The number of methoxy groups -OCH3 is 1. The van der Waals surface area contributed by atoms with Crippen LogP contribution in [0, 0.1) is 11.3 Å². The predicted octanol–water partition coefficient (Wildman–Crippen LogP) is 3.88. The average Bonchev–Trinajstić information content (AvgIpc) is 3.15. The third-order valence-electron chi connectivity index (χ3n) is 2.65. The maximum Gasteiger partial charge on any atom is 0.282 e. The molecule has 3 aromatic rings. The maximum absolute atomic E-state index is 9.04. The van der Waals surface area contributed by atoms with E-state index in [1.165, 1.54) is 11.8 Å². The van der Waals surface area contributed by atoms with Crippen molar-refractivity contribution in [2.45, 2.75) is 9.43 Å². The van der Waals surface area contributed by atoms with E-state index in [0.717, 1.165) is 22.8 Å². The number of hydrogen-bond acceptors (Lipinski definition) is 8. The highest BCUT2D eigenvalue weighted by Crippen LogP contribution is 2.36. The van der Waals surface area contributed by atoms with Gasteiger partial charge in [0.05, 0.1) is 7.11 Å². The lowest BCUT2D eigenvalue weighted by Crippen LogP contribution is -1.82. The monoisotopic (exact) mass is 350 g/mol. The van der Waals surface area contributed by atoms with Crippen molar-refractivity contribution in [2.24, 2.45) is 0 Å². The molecule has 2 aromatic heterocycles. The van der Waals surface area contributed by atoms with Gasteiger partial charge in [-0.1, -0.05) is 11.6 Å². The number of nitrogens with zero attached hydrogens (tertiary/aromatic N) is 4. The van der Waals surface area contributed by atoms with E-state index in [-0.39, 0.29) is 5.15 Å². The Balaban J connectivity index is 1.83. The molecule has 2 heterocycles. The van der Waals surface area contributed by atoms with Gasteiger partial charge in [-0.25, -0.2) is 0 Å². The second-order valence-electron chi connectivity index (χ2n) is 3.95. The molecule has 3 rings (SSSR count). The lowest BCUT2D eigenvalue weighted by Gasteiger charge is -1.99. The van der Waals surface area contributed by atoms with Gasteiger partial charge in [-0.3, -0.25) is 0 Å². The van der Waals surface area contributed by atoms with Crippen molar-refractivity contribution in [3.63, 3.8) is 0 Å². The van der Waals surface area contributed by atoms with E-state index in [4.69, 9.17) is 26.0 Å². The minimum absolute atomic E-state index is 0.185. The van der Waals surface area contributed by atoms with Gasteiger partial charge < -0.3 is 9.15 Å². The Morgan fingerprint density at radius 1 is 1.32 bits per heavy atom. The largest absolute Gasteiger partial charge is 0.497 e. The number of halogens is 1. The van der Waals surface area contributed by atoms with E-state index < -0.39 is 0 Å². The van der Waals surface area contributed by atoms with Crippen molar-refractivity contribution in [1.82, 2.24) is 14.6 Å². The molecule has 0 aliphatic heterocycles. The molecule has 0 unspecified atom stereocenters. The third kappa shape index (κ3) is 2.92. The quantitative estimate of drug-likeness (QED) is 0.705. The molecule has 0 amide bonds. The average molecular weight is 351 g/mol. The molecule has 0 radical (unpaired) electrons. The van der Waals surface area contributed by atoms with Crippen LogP contribution < -0.4 is 4.74 Å². The second kappa shape index (κ2) is 6.36. The van der Waals surface area contributed by atoms with Crippen LogP contribution >= 0.6 is 34.9 Å². The van der Waals surface area contributed by atoms with Crippen LogP contribution in [0.25, 0.3) is 11.5 Å². The number of hydrogen-bond donors (Lipinski definition) is 0. The predicted molar refractivity (Wildman–Crippen MR) is 82.2 cm³/mol. The molecule has 0 aliphatic rings. The van der Waals surface area contributed by atoms with Gasteiger partial charge >= 0.3 is 0 Å². The zero-order chi connectivity index (χ0) is 15.5. The van der Waals surface area contributed by atoms with E-state index in [2.05, 4.69) is 14.6 Å². The Morgan fingerprint density at radius 2 is 2.09 bits per heavy atom. The first-order valence-electron chi connectivity index (χ1n) is 5.92. The molecule has 1 aromatic carbocycles. The number of benzene rings is 1. The maximum atomic E-state index is 9.04. The van der Waals surface area contributed by atoms with E-state index in [9.17, 15) is 0 Å². The summed E-state index contributed by atoms with van der Waals surface area (Å²) in [5.41, 5.74) is 1.10. The minimum atomic E-state index is 0.185. The summed E-state index contributed by atoms with van der Waals surface area (Å²) < 4.78 is 15.2. The number of nitriles is 1. The van der Waals surface area contributed by atoms with Gasteiger partial charge in [0.2, 0.25) is 5.89 Å². The smallest absolute Gasteiger partial charge is 0.282 e. The van der Waals surface area contributed by atoms with Crippen molar-refractivity contribution >= 4 is 34.9 Å². The fraction of sp³-hybridized carbons (Fsp3) is 0.0769. The van der Waals surface area contributed by atoms with Gasteiger partial charge in [0.1, 0.15) is 21.6 Å². The number of ether oxygens (including phenoxy) is 1. The van der Waals surface area contributed by atoms with Crippen LogP contribution in [0.2, 0.25) is 5.15 Å². The third-order valence-corrected chi connectivity index (χ3v) is 4.87. The highest BCUT2D eigenvalue weighted by Gasteiger charge is 2.17. The lowest BCUT2D eigenvalue weighted by atomic mass is 10.2. The molecule has 0 N–H and O–H groups in total. The van der Waals surface area contributed by atoms with Crippen LogP contribution in [0.4, 0.5) is 0 Å². The highest BCUT2D eigenvalue weighted by molar-refractivity contribution is 8.00. The van der Waals surface area contributed by atoms with Gasteiger partial charge in [-0.05, 0) is 47.6 Å². The van der Waals surface area contributed by atoms with Gasteiger partial charge in [0.25, 0.3) is 5.22 Å². The van der Waals surface area contributed by atoms with Crippen molar-refractivity contribution in [1.29, 1.82) is 5.26 Å². The van der Waals surface area contributed by atoms with Crippen LogP contribution in [0.1, 0.15) is 5.56 Å². The molecule has 22 heavy (non-hydrogen) atoms. The summed E-state index contributed by atoms with van der Waals surface area (Å²) in [6.45, 7) is 0. The Kier molecular flexibility index (Phi) is 4.29. The van der Waals surface area contributed by atoms with Crippen molar-refractivity contribution < 1.29 is 9.15 Å². The van der Waals surface area contributed by atoms with Crippen LogP contribution in [0.15, 0.2) is 38.1 Å². The fourth-order valence-electron chi connectivity index (χ4n) is 1.60. The second-order valence-corrected chi connectivity index (χ2v) is 6.30. The molecule has 110 valence electrons. The Morgan fingerprint density at radius 3 is 2.77 bits per heavy atom. The van der Waals surface area contributed by atoms with Gasteiger partial charge in [-0.2, -0.15) is 9.64 Å². The summed E-state index contributed by atoms with van der Waals surface area (Å²) in [6, 6.07) is 9.27. The number of rotatable bonds is 4. The zero-order valence-corrected chi connectivity index (χ0v) is 13.5. The molecule has 0 spiro atoms. The molecule has 0 fully saturated rings. The molecule has 0 saturated carbocycles. The Hall–Kier alpha value is -2.08. The minimum Gasteiger partial charge on any atom is -0.497 e. The molecule has 0 saturated heterocycles. The molecule has 0 aliphatic carbocycles. The van der Waals surface area contributed by atoms with Gasteiger partial charge in [-0.15, -0.1) is 10.2 Å². The summed E-state index contributed by atoms with van der Waals surface area (Å²) in [6.07, 6.45) is 0. The molecular weight excluding hydrogens is 344 g/mol. The molecule has 6 nitrogen and oxygen atoms in total. The SMILES string of the molecule is COc1ccc(-c2nnc(Sc3snc(Cl)c3C#N)o2)cc1. The van der Waals surface area contributed by atoms with Crippen LogP contribution in [0.3, 0.4) is 0 Å². The lowest BCUT2D eigenvalue weighted by molar-refractivity contribution is 0.414. The summed E-state index contributed by atoms with van der Waals surface area (Å²) >= 11 is 8.11. The summed E-state index contributed by atoms with van der Waals surface area (Å²) in [4.78, 5) is 0. The normalized spacial score (nSPS) is 10.4. The van der Waals surface area contributed by atoms with Gasteiger partial charge in [0.15, 0.2) is 5.15 Å². The van der Waals surface area contributed by atoms with Crippen LogP contribution in [-0.2, 0) is 0 Å². The van der Waals surface area contributed by atoms with Gasteiger partial charge in [0, 0.05) is 5.56 Å². The topological polar surface area (TPSA) is 84.8 Å². The summed E-state index contributed by atoms with van der Waals surface area (Å²) in [7, 11) is 1.60. The molecule has 9 heteroatoms. The van der Waals surface area contributed by atoms with E-state index in [0.29, 0.717) is 20.9 Å². The number of aromatic nitrogens is 3. The molecule has 0 atom stereocenters. The summed E-state index contributed by atoms with van der Waals surface area (Å²) in [5, 5.41) is 17.5.